The predicted octanol–water partition coefficient (Wildman–Crippen LogP) is 1.32. The van der Waals surface area contributed by atoms with Crippen LogP contribution in [0.2, 0.25) is 0 Å². The van der Waals surface area contributed by atoms with Gasteiger partial charge >= 0.3 is 0 Å². The van der Waals surface area contributed by atoms with E-state index in [0.29, 0.717) is 6.42 Å². The van der Waals surface area contributed by atoms with Gasteiger partial charge in [-0.05, 0) is 25.7 Å². The van der Waals surface area contributed by atoms with Crippen LogP contribution in [0.15, 0.2) is 0 Å². The molecule has 0 spiro atoms. The molecule has 1 saturated heterocycles. The predicted molar refractivity (Wildman–Crippen MR) is 53.8 cm³/mol. The molecule has 1 atom stereocenters. The van der Waals surface area contributed by atoms with E-state index in [1.165, 1.54) is 0 Å². The van der Waals surface area contributed by atoms with Gasteiger partial charge in [-0.3, -0.25) is 4.79 Å². The standard InChI is InChI=1S/C10H16O3S/c11-10(8-4-3-5-8)9-6-1-2-7-14(9,12)13/h8-9H,1-7H2. The highest BCUT2D eigenvalue weighted by Crippen LogP contribution is 2.32. The van der Waals surface area contributed by atoms with Gasteiger partial charge in [0.25, 0.3) is 0 Å². The lowest BCUT2D eigenvalue weighted by atomic mass is 9.80. The van der Waals surface area contributed by atoms with Crippen molar-refractivity contribution in [3.8, 4) is 0 Å². The fourth-order valence-corrected chi connectivity index (χ4v) is 4.19. The van der Waals surface area contributed by atoms with Crippen LogP contribution in [0.4, 0.5) is 0 Å². The molecule has 4 heteroatoms. The summed E-state index contributed by atoms with van der Waals surface area (Å²) in [6.07, 6.45) is 5.09. The number of hydrogen-bond donors (Lipinski definition) is 0. The number of rotatable bonds is 2. The average molecular weight is 216 g/mol. The van der Waals surface area contributed by atoms with Gasteiger partial charge in [0.1, 0.15) is 5.25 Å². The van der Waals surface area contributed by atoms with Crippen LogP contribution in [0.3, 0.4) is 0 Å². The topological polar surface area (TPSA) is 51.2 Å². The van der Waals surface area contributed by atoms with E-state index in [-0.39, 0.29) is 17.5 Å². The molecular formula is C10H16O3S. The molecule has 0 aromatic rings. The molecule has 0 N–H and O–H groups in total. The highest BCUT2D eigenvalue weighted by atomic mass is 32.2. The van der Waals surface area contributed by atoms with Crippen LogP contribution in [0, 0.1) is 5.92 Å². The van der Waals surface area contributed by atoms with Crippen LogP contribution in [0.1, 0.15) is 38.5 Å². The lowest BCUT2D eigenvalue weighted by Crippen LogP contribution is -2.40. The van der Waals surface area contributed by atoms with Crippen molar-refractivity contribution in [2.75, 3.05) is 5.75 Å². The molecule has 14 heavy (non-hydrogen) atoms. The Labute approximate surface area is 84.8 Å². The Morgan fingerprint density at radius 2 is 1.71 bits per heavy atom. The molecule has 0 bridgehead atoms. The molecule has 2 rings (SSSR count). The summed E-state index contributed by atoms with van der Waals surface area (Å²) in [5.41, 5.74) is 0. The Morgan fingerprint density at radius 1 is 1.00 bits per heavy atom. The highest BCUT2D eigenvalue weighted by Gasteiger charge is 2.39. The lowest BCUT2D eigenvalue weighted by Gasteiger charge is -2.29. The Balaban J connectivity index is 2.11. The molecule has 0 aromatic heterocycles. The van der Waals surface area contributed by atoms with Crippen molar-refractivity contribution in [1.29, 1.82) is 0 Å². The first kappa shape index (κ1) is 10.1. The van der Waals surface area contributed by atoms with Gasteiger partial charge in [-0.1, -0.05) is 12.8 Å². The number of hydrogen-bond acceptors (Lipinski definition) is 3. The Bertz CT molecular complexity index is 327. The molecule has 1 heterocycles. The minimum absolute atomic E-state index is 0.0101. The summed E-state index contributed by atoms with van der Waals surface area (Å²) in [6.45, 7) is 0. The van der Waals surface area contributed by atoms with Gasteiger partial charge in [-0.2, -0.15) is 0 Å². The third-order valence-electron chi connectivity index (χ3n) is 3.40. The second-order valence-corrected chi connectivity index (χ2v) is 6.68. The first-order valence-electron chi connectivity index (χ1n) is 5.36. The fourth-order valence-electron chi connectivity index (χ4n) is 2.23. The van der Waals surface area contributed by atoms with Crippen LogP contribution in [-0.4, -0.2) is 25.2 Å². The van der Waals surface area contributed by atoms with E-state index < -0.39 is 15.1 Å². The van der Waals surface area contributed by atoms with E-state index in [2.05, 4.69) is 0 Å². The Hall–Kier alpha value is -0.380. The summed E-state index contributed by atoms with van der Waals surface area (Å²) in [5.74, 6) is 0.291. The molecule has 2 fully saturated rings. The summed E-state index contributed by atoms with van der Waals surface area (Å²) in [5, 5.41) is -0.651. The largest absolute Gasteiger partial charge is 0.298 e. The second-order valence-electron chi connectivity index (χ2n) is 4.38. The van der Waals surface area contributed by atoms with Gasteiger partial charge in [0.15, 0.2) is 15.6 Å². The lowest BCUT2D eigenvalue weighted by molar-refractivity contribution is -0.125. The van der Waals surface area contributed by atoms with Crippen molar-refractivity contribution in [2.45, 2.75) is 43.8 Å². The second kappa shape index (κ2) is 3.65. The summed E-state index contributed by atoms with van der Waals surface area (Å²) in [4.78, 5) is 11.8. The van der Waals surface area contributed by atoms with Crippen molar-refractivity contribution < 1.29 is 13.2 Å². The SMILES string of the molecule is O=C(C1CCC1)C1CCCCS1(=O)=O. The third kappa shape index (κ3) is 1.72. The molecule has 1 aliphatic heterocycles. The van der Waals surface area contributed by atoms with Gasteiger partial charge in [0.2, 0.25) is 0 Å². The van der Waals surface area contributed by atoms with E-state index in [4.69, 9.17) is 0 Å². The first-order valence-corrected chi connectivity index (χ1v) is 7.08. The maximum absolute atomic E-state index is 11.8. The summed E-state index contributed by atoms with van der Waals surface area (Å²) in [7, 11) is -3.09. The molecule has 1 aliphatic carbocycles. The van der Waals surface area contributed by atoms with E-state index in [1.54, 1.807) is 0 Å². The van der Waals surface area contributed by atoms with E-state index in [0.717, 1.165) is 32.1 Å². The maximum atomic E-state index is 11.8. The van der Waals surface area contributed by atoms with Gasteiger partial charge in [0, 0.05) is 5.92 Å². The molecule has 80 valence electrons. The zero-order valence-electron chi connectivity index (χ0n) is 8.24. The molecule has 0 radical (unpaired) electrons. The molecule has 0 amide bonds. The number of Topliss-reactive ketones (excluding diaryl/α,β-unsaturated/α-hetero) is 1. The first-order chi connectivity index (χ1) is 6.61. The molecule has 1 unspecified atom stereocenters. The van der Waals surface area contributed by atoms with Crippen LogP contribution in [0.25, 0.3) is 0 Å². The molecular weight excluding hydrogens is 200 g/mol. The van der Waals surface area contributed by atoms with Crippen LogP contribution >= 0.6 is 0 Å². The third-order valence-corrected chi connectivity index (χ3v) is 5.60. The maximum Gasteiger partial charge on any atom is 0.160 e. The number of ketones is 1. The minimum atomic E-state index is -3.09. The van der Waals surface area contributed by atoms with Crippen molar-refractivity contribution in [1.82, 2.24) is 0 Å². The highest BCUT2D eigenvalue weighted by molar-refractivity contribution is 7.92. The number of carbonyl (C=O) groups is 1. The summed E-state index contributed by atoms with van der Waals surface area (Å²) in [6, 6.07) is 0. The zero-order valence-corrected chi connectivity index (χ0v) is 9.05. The number of carbonyl (C=O) groups excluding carboxylic acids is 1. The molecule has 3 nitrogen and oxygen atoms in total. The molecule has 1 saturated carbocycles. The van der Waals surface area contributed by atoms with Gasteiger partial charge < -0.3 is 0 Å². The monoisotopic (exact) mass is 216 g/mol. The summed E-state index contributed by atoms with van der Waals surface area (Å²) < 4.78 is 23.3. The quantitative estimate of drug-likeness (QED) is 0.699. The smallest absolute Gasteiger partial charge is 0.160 e. The van der Waals surface area contributed by atoms with E-state index in [9.17, 15) is 13.2 Å². The minimum Gasteiger partial charge on any atom is -0.298 e. The van der Waals surface area contributed by atoms with Gasteiger partial charge in [-0.25, -0.2) is 8.42 Å². The van der Waals surface area contributed by atoms with Crippen molar-refractivity contribution >= 4 is 15.6 Å². The Morgan fingerprint density at radius 3 is 2.21 bits per heavy atom. The van der Waals surface area contributed by atoms with Gasteiger partial charge in [-0.15, -0.1) is 0 Å². The van der Waals surface area contributed by atoms with Crippen LogP contribution < -0.4 is 0 Å². The number of sulfone groups is 1. The van der Waals surface area contributed by atoms with E-state index >= 15 is 0 Å². The average Bonchev–Trinajstić information content (AvgIpc) is 1.99. The van der Waals surface area contributed by atoms with Crippen molar-refractivity contribution in [3.63, 3.8) is 0 Å². The van der Waals surface area contributed by atoms with Crippen LogP contribution in [-0.2, 0) is 14.6 Å². The summed E-state index contributed by atoms with van der Waals surface area (Å²) >= 11 is 0. The fraction of sp³-hybridized carbons (Fsp3) is 0.900. The van der Waals surface area contributed by atoms with Crippen molar-refractivity contribution in [3.05, 3.63) is 0 Å². The zero-order chi connectivity index (χ0) is 10.2. The molecule has 0 aromatic carbocycles. The normalized spacial score (nSPS) is 32.1. The van der Waals surface area contributed by atoms with Crippen molar-refractivity contribution in [2.24, 2.45) is 5.92 Å². The Kier molecular flexibility index (Phi) is 2.64. The van der Waals surface area contributed by atoms with E-state index in [1.807, 2.05) is 0 Å². The van der Waals surface area contributed by atoms with Gasteiger partial charge in [0.05, 0.1) is 5.75 Å². The van der Waals surface area contributed by atoms with Crippen LogP contribution in [0.5, 0.6) is 0 Å². The molecule has 2 aliphatic rings.